The van der Waals surface area contributed by atoms with E-state index >= 15 is 0 Å². The molecule has 70 valence electrons. The molecule has 1 nitrogen and oxygen atoms in total. The zero-order valence-corrected chi connectivity index (χ0v) is 8.13. The highest BCUT2D eigenvalue weighted by Crippen LogP contribution is 2.11. The molecule has 0 unspecified atom stereocenters. The summed E-state index contributed by atoms with van der Waals surface area (Å²) in [7, 11) is 0. The lowest BCUT2D eigenvalue weighted by Gasteiger charge is -2.05. The van der Waals surface area contributed by atoms with Gasteiger partial charge in [0, 0.05) is 7.85 Å². The molecule has 0 aliphatic carbocycles. The van der Waals surface area contributed by atoms with Crippen molar-refractivity contribution < 1.29 is 6.22 Å². The van der Waals surface area contributed by atoms with E-state index in [0.29, 0.717) is 12.0 Å². The lowest BCUT2D eigenvalue weighted by Crippen LogP contribution is -2.00. The standard InChI is InChI=1S/C12H14O.H2/c1-9-6-4-5-7-12(9)8-10(2)11(3)13;/h4-7H,2,8H2,1,3H3;1H. The molecule has 0 aliphatic rings. The maximum absolute atomic E-state index is 11.0. The Balaban J connectivity index is 0.00000169. The second-order valence-corrected chi connectivity index (χ2v) is 3.26. The molecule has 0 amide bonds. The number of ketones is 1. The van der Waals surface area contributed by atoms with E-state index < -0.39 is 0 Å². The van der Waals surface area contributed by atoms with Crippen LogP contribution in [-0.2, 0) is 11.2 Å². The van der Waals surface area contributed by atoms with Gasteiger partial charge in [0.2, 0.25) is 0 Å². The first-order valence-corrected chi connectivity index (χ1v) is 4.34. The molecular weight excluding hydrogens is 160 g/mol. The normalized spacial score (nSPS) is 9.69. The number of benzene rings is 1. The Bertz CT molecular complexity index is 342. The molecule has 1 heteroatoms. The lowest BCUT2D eigenvalue weighted by molar-refractivity contribution is -0.113. The molecule has 0 bridgehead atoms. The molecule has 0 saturated carbocycles. The fraction of sp³-hybridized carbons (Fsp3) is 0.250. The van der Waals surface area contributed by atoms with Crippen LogP contribution in [0, 0.1) is 6.92 Å². The zero-order valence-electron chi connectivity index (χ0n) is 8.13. The third-order valence-electron chi connectivity index (χ3n) is 2.16. The average molecular weight is 176 g/mol. The van der Waals surface area contributed by atoms with E-state index in [1.165, 1.54) is 11.1 Å². The summed E-state index contributed by atoms with van der Waals surface area (Å²) in [4.78, 5) is 11.0. The molecular formula is C12H16O. The van der Waals surface area contributed by atoms with Gasteiger partial charge in [0.25, 0.3) is 0 Å². The van der Waals surface area contributed by atoms with Crippen LogP contribution in [0.4, 0.5) is 0 Å². The Kier molecular flexibility index (Phi) is 3.02. The molecule has 0 aliphatic heterocycles. The van der Waals surface area contributed by atoms with Crippen molar-refractivity contribution in [3.8, 4) is 0 Å². The van der Waals surface area contributed by atoms with Crippen LogP contribution in [0.5, 0.6) is 0 Å². The van der Waals surface area contributed by atoms with Gasteiger partial charge in [-0.1, -0.05) is 30.8 Å². The van der Waals surface area contributed by atoms with Gasteiger partial charge >= 0.3 is 0 Å². The molecule has 0 radical (unpaired) electrons. The molecule has 1 aromatic carbocycles. The van der Waals surface area contributed by atoms with Gasteiger partial charge in [-0.3, -0.25) is 4.79 Å². The summed E-state index contributed by atoms with van der Waals surface area (Å²) in [5.41, 5.74) is 3.07. The highest BCUT2D eigenvalue weighted by Gasteiger charge is 2.03. The average Bonchev–Trinajstić information content (AvgIpc) is 2.08. The van der Waals surface area contributed by atoms with Crippen molar-refractivity contribution in [1.82, 2.24) is 0 Å². The summed E-state index contributed by atoms with van der Waals surface area (Å²) < 4.78 is 0. The molecule has 13 heavy (non-hydrogen) atoms. The Hall–Kier alpha value is -1.37. The van der Waals surface area contributed by atoms with E-state index in [2.05, 4.69) is 6.58 Å². The minimum Gasteiger partial charge on any atom is -0.295 e. The molecule has 0 saturated heterocycles. The predicted molar refractivity (Wildman–Crippen MR) is 56.8 cm³/mol. The summed E-state index contributed by atoms with van der Waals surface area (Å²) in [6.07, 6.45) is 0.669. The van der Waals surface area contributed by atoms with Crippen LogP contribution >= 0.6 is 0 Å². The van der Waals surface area contributed by atoms with Crippen molar-refractivity contribution in [2.24, 2.45) is 0 Å². The van der Waals surface area contributed by atoms with Gasteiger partial charge in [-0.2, -0.15) is 0 Å². The highest BCUT2D eigenvalue weighted by atomic mass is 16.1. The summed E-state index contributed by atoms with van der Waals surface area (Å²) in [6.45, 7) is 7.34. The highest BCUT2D eigenvalue weighted by molar-refractivity contribution is 5.93. The molecule has 1 rings (SSSR count). The van der Waals surface area contributed by atoms with Crippen molar-refractivity contribution in [1.29, 1.82) is 0 Å². The lowest BCUT2D eigenvalue weighted by atomic mass is 10.00. The SMILES string of the molecule is C=C(Cc1ccccc1C)C(C)=O.[HH]. The second-order valence-electron chi connectivity index (χ2n) is 3.26. The van der Waals surface area contributed by atoms with Gasteiger partial charge in [0.1, 0.15) is 0 Å². The molecule has 0 spiro atoms. The largest absolute Gasteiger partial charge is 0.295 e. The van der Waals surface area contributed by atoms with Crippen LogP contribution < -0.4 is 0 Å². The molecule has 0 fully saturated rings. The maximum atomic E-state index is 11.0. The second kappa shape index (κ2) is 4.04. The number of allylic oxidation sites excluding steroid dienone is 1. The van der Waals surface area contributed by atoms with E-state index in [-0.39, 0.29) is 7.21 Å². The molecule has 0 N–H and O–H groups in total. The third-order valence-corrected chi connectivity index (χ3v) is 2.16. The van der Waals surface area contributed by atoms with E-state index in [0.717, 1.165) is 0 Å². The Morgan fingerprint density at radius 2 is 2.08 bits per heavy atom. The van der Waals surface area contributed by atoms with E-state index in [1.807, 2.05) is 31.2 Å². The molecule has 0 heterocycles. The first-order valence-electron chi connectivity index (χ1n) is 4.34. The molecule has 0 aromatic heterocycles. The smallest absolute Gasteiger partial charge is 0.155 e. The summed E-state index contributed by atoms with van der Waals surface area (Å²) in [5, 5.41) is 0. The maximum Gasteiger partial charge on any atom is 0.155 e. The van der Waals surface area contributed by atoms with Crippen LogP contribution in [0.15, 0.2) is 36.4 Å². The van der Waals surface area contributed by atoms with E-state index in [1.54, 1.807) is 6.92 Å². The Morgan fingerprint density at radius 1 is 1.46 bits per heavy atom. The van der Waals surface area contributed by atoms with Gasteiger partial charge in [0.05, 0.1) is 0 Å². The number of Topliss-reactive ketones (excluding diaryl/α,β-unsaturated/α-hetero) is 1. The van der Waals surface area contributed by atoms with Gasteiger partial charge in [-0.25, -0.2) is 0 Å². The van der Waals surface area contributed by atoms with Crippen molar-refractivity contribution in [2.45, 2.75) is 20.3 Å². The minimum atomic E-state index is 0. The first kappa shape index (κ1) is 9.72. The van der Waals surface area contributed by atoms with E-state index in [9.17, 15) is 4.79 Å². The first-order chi connectivity index (χ1) is 6.11. The Labute approximate surface area is 80.6 Å². The van der Waals surface area contributed by atoms with Crippen LogP contribution in [0.2, 0.25) is 0 Å². The monoisotopic (exact) mass is 176 g/mol. The van der Waals surface area contributed by atoms with Crippen LogP contribution in [0.3, 0.4) is 0 Å². The number of rotatable bonds is 3. The zero-order chi connectivity index (χ0) is 9.84. The number of hydrogen-bond acceptors (Lipinski definition) is 1. The van der Waals surface area contributed by atoms with Gasteiger partial charge in [0.15, 0.2) is 5.78 Å². The van der Waals surface area contributed by atoms with Crippen LogP contribution in [-0.4, -0.2) is 5.78 Å². The Morgan fingerprint density at radius 3 is 2.62 bits per heavy atom. The van der Waals surface area contributed by atoms with Crippen LogP contribution in [0.1, 0.15) is 19.5 Å². The van der Waals surface area contributed by atoms with Crippen molar-refractivity contribution in [3.63, 3.8) is 0 Å². The minimum absolute atomic E-state index is 0. The topological polar surface area (TPSA) is 17.1 Å². The van der Waals surface area contributed by atoms with Gasteiger partial charge in [-0.05, 0) is 30.5 Å². The molecule has 1 aromatic rings. The quantitative estimate of drug-likeness (QED) is 0.647. The van der Waals surface area contributed by atoms with Crippen LogP contribution in [0.25, 0.3) is 0 Å². The fourth-order valence-electron chi connectivity index (χ4n) is 1.16. The van der Waals surface area contributed by atoms with Gasteiger partial charge in [-0.15, -0.1) is 0 Å². The third kappa shape index (κ3) is 2.55. The summed E-state index contributed by atoms with van der Waals surface area (Å²) in [6, 6.07) is 8.05. The van der Waals surface area contributed by atoms with E-state index in [4.69, 9.17) is 0 Å². The number of hydrogen-bond donors (Lipinski definition) is 0. The number of aryl methyl sites for hydroxylation is 1. The fourth-order valence-corrected chi connectivity index (χ4v) is 1.16. The predicted octanol–water partition coefficient (Wildman–Crippen LogP) is 2.93. The number of carbonyl (C=O) groups excluding carboxylic acids is 1. The van der Waals surface area contributed by atoms with Crippen molar-refractivity contribution >= 4 is 5.78 Å². The van der Waals surface area contributed by atoms with Crippen molar-refractivity contribution in [3.05, 3.63) is 47.5 Å². The number of carbonyl (C=O) groups is 1. The van der Waals surface area contributed by atoms with Crippen molar-refractivity contribution in [2.75, 3.05) is 0 Å². The molecule has 0 atom stereocenters. The summed E-state index contributed by atoms with van der Waals surface area (Å²) in [5.74, 6) is 0.0725. The summed E-state index contributed by atoms with van der Waals surface area (Å²) >= 11 is 0. The van der Waals surface area contributed by atoms with Gasteiger partial charge < -0.3 is 0 Å².